The average molecular weight is 327 g/mol. The molecule has 1 aliphatic rings. The second-order valence-corrected chi connectivity index (χ2v) is 5.82. The Hall–Kier alpha value is -2.76. The highest BCUT2D eigenvalue weighted by molar-refractivity contribution is 5.96. The predicted molar refractivity (Wildman–Crippen MR) is 90.8 cm³/mol. The number of rotatable bonds is 4. The molecule has 1 aromatic carbocycles. The molecule has 2 heterocycles. The van der Waals surface area contributed by atoms with Crippen molar-refractivity contribution in [2.75, 3.05) is 18.4 Å². The quantitative estimate of drug-likeness (QED) is 0.905. The van der Waals surface area contributed by atoms with Crippen LogP contribution in [0.15, 0.2) is 47.1 Å². The fourth-order valence-electron chi connectivity index (χ4n) is 2.77. The number of piperidine rings is 1. The van der Waals surface area contributed by atoms with Crippen molar-refractivity contribution in [3.05, 3.63) is 54.0 Å². The summed E-state index contributed by atoms with van der Waals surface area (Å²) in [4.78, 5) is 26.3. The van der Waals surface area contributed by atoms with Gasteiger partial charge in [-0.3, -0.25) is 4.79 Å². The van der Waals surface area contributed by atoms with E-state index in [1.54, 1.807) is 42.7 Å². The van der Waals surface area contributed by atoms with Crippen molar-refractivity contribution in [1.82, 2.24) is 10.2 Å². The molecule has 2 N–H and O–H groups in total. The first-order valence-corrected chi connectivity index (χ1v) is 8.19. The Morgan fingerprint density at radius 3 is 2.67 bits per heavy atom. The standard InChI is InChI=1S/C18H21N3O3/c22-17(21-9-2-1-3-10-21)14-6-4-7-15(12-14)20-18(23)19-13-16-8-5-11-24-16/h4-8,11-12H,1-3,9-10,13H2,(H2,19,20,23). The maximum Gasteiger partial charge on any atom is 0.319 e. The van der Waals surface area contributed by atoms with E-state index in [4.69, 9.17) is 4.42 Å². The molecule has 0 spiro atoms. The van der Waals surface area contributed by atoms with Crippen LogP contribution in [-0.4, -0.2) is 29.9 Å². The van der Waals surface area contributed by atoms with Crippen LogP contribution in [0.2, 0.25) is 0 Å². The summed E-state index contributed by atoms with van der Waals surface area (Å²) in [5, 5.41) is 5.45. The first kappa shape index (κ1) is 16.1. The number of nitrogens with zero attached hydrogens (tertiary/aromatic N) is 1. The maximum atomic E-state index is 12.5. The van der Waals surface area contributed by atoms with E-state index in [0.717, 1.165) is 25.9 Å². The van der Waals surface area contributed by atoms with Gasteiger partial charge in [-0.25, -0.2) is 4.79 Å². The van der Waals surface area contributed by atoms with Crippen LogP contribution >= 0.6 is 0 Å². The molecule has 3 rings (SSSR count). The van der Waals surface area contributed by atoms with Crippen molar-refractivity contribution in [1.29, 1.82) is 0 Å². The van der Waals surface area contributed by atoms with Gasteiger partial charge in [0.05, 0.1) is 12.8 Å². The number of likely N-dealkylation sites (tertiary alicyclic amines) is 1. The third-order valence-electron chi connectivity index (χ3n) is 4.01. The molecule has 0 radical (unpaired) electrons. The van der Waals surface area contributed by atoms with Crippen molar-refractivity contribution in [2.24, 2.45) is 0 Å². The molecular weight excluding hydrogens is 306 g/mol. The molecule has 6 heteroatoms. The van der Waals surface area contributed by atoms with Gasteiger partial charge in [-0.2, -0.15) is 0 Å². The van der Waals surface area contributed by atoms with Crippen LogP contribution in [0.25, 0.3) is 0 Å². The first-order valence-electron chi connectivity index (χ1n) is 8.19. The lowest BCUT2D eigenvalue weighted by atomic mass is 10.1. The van der Waals surface area contributed by atoms with Gasteiger partial charge in [-0.05, 0) is 49.6 Å². The van der Waals surface area contributed by atoms with Crippen LogP contribution in [-0.2, 0) is 6.54 Å². The highest BCUT2D eigenvalue weighted by atomic mass is 16.3. The van der Waals surface area contributed by atoms with Crippen LogP contribution in [0.4, 0.5) is 10.5 Å². The third kappa shape index (κ3) is 4.16. The fourth-order valence-corrected chi connectivity index (χ4v) is 2.77. The molecule has 6 nitrogen and oxygen atoms in total. The van der Waals surface area contributed by atoms with E-state index in [-0.39, 0.29) is 11.9 Å². The van der Waals surface area contributed by atoms with E-state index in [9.17, 15) is 9.59 Å². The zero-order valence-electron chi connectivity index (χ0n) is 13.5. The number of carbonyl (C=O) groups excluding carboxylic acids is 2. The summed E-state index contributed by atoms with van der Waals surface area (Å²) in [5.41, 5.74) is 1.19. The van der Waals surface area contributed by atoms with Crippen LogP contribution < -0.4 is 10.6 Å². The summed E-state index contributed by atoms with van der Waals surface area (Å²) in [6.07, 6.45) is 4.85. The Bertz CT molecular complexity index is 691. The molecule has 1 saturated heterocycles. The molecule has 1 fully saturated rings. The van der Waals surface area contributed by atoms with E-state index in [1.165, 1.54) is 6.42 Å². The van der Waals surface area contributed by atoms with E-state index in [1.807, 2.05) is 4.90 Å². The van der Waals surface area contributed by atoms with Gasteiger partial charge >= 0.3 is 6.03 Å². The van der Waals surface area contributed by atoms with Gasteiger partial charge < -0.3 is 20.0 Å². The first-order chi connectivity index (χ1) is 11.7. The summed E-state index contributed by atoms with van der Waals surface area (Å²) >= 11 is 0. The molecule has 1 aromatic heterocycles. The molecule has 2 aromatic rings. The summed E-state index contributed by atoms with van der Waals surface area (Å²) in [6, 6.07) is 10.3. The van der Waals surface area contributed by atoms with E-state index in [2.05, 4.69) is 10.6 Å². The zero-order valence-corrected chi connectivity index (χ0v) is 13.5. The number of hydrogen-bond acceptors (Lipinski definition) is 3. The SMILES string of the molecule is O=C(NCc1ccco1)Nc1cccc(C(=O)N2CCCCC2)c1. The van der Waals surface area contributed by atoms with Gasteiger partial charge in [0.1, 0.15) is 5.76 Å². The smallest absolute Gasteiger partial charge is 0.319 e. The molecule has 0 bridgehead atoms. The topological polar surface area (TPSA) is 74.6 Å². The van der Waals surface area contributed by atoms with Crippen molar-refractivity contribution < 1.29 is 14.0 Å². The fraction of sp³-hybridized carbons (Fsp3) is 0.333. The number of hydrogen-bond donors (Lipinski definition) is 2. The highest BCUT2D eigenvalue weighted by Crippen LogP contribution is 2.16. The van der Waals surface area contributed by atoms with Crippen LogP contribution in [0, 0.1) is 0 Å². The molecule has 24 heavy (non-hydrogen) atoms. The Labute approximate surface area is 140 Å². The van der Waals surface area contributed by atoms with Crippen LogP contribution in [0.5, 0.6) is 0 Å². The van der Waals surface area contributed by atoms with Gasteiger partial charge in [0.2, 0.25) is 0 Å². The van der Waals surface area contributed by atoms with Gasteiger partial charge in [0.25, 0.3) is 5.91 Å². The molecule has 3 amide bonds. The monoisotopic (exact) mass is 327 g/mol. The molecule has 0 atom stereocenters. The number of anilines is 1. The minimum Gasteiger partial charge on any atom is -0.467 e. The van der Waals surface area contributed by atoms with Crippen LogP contribution in [0.1, 0.15) is 35.4 Å². The highest BCUT2D eigenvalue weighted by Gasteiger charge is 2.18. The number of urea groups is 1. The van der Waals surface area contributed by atoms with Crippen molar-refractivity contribution in [2.45, 2.75) is 25.8 Å². The molecule has 0 aliphatic carbocycles. The number of benzene rings is 1. The van der Waals surface area contributed by atoms with Crippen molar-refractivity contribution in [3.63, 3.8) is 0 Å². The Kier molecular flexibility index (Phi) is 5.15. The van der Waals surface area contributed by atoms with Crippen molar-refractivity contribution >= 4 is 17.6 Å². The third-order valence-corrected chi connectivity index (χ3v) is 4.01. The molecule has 1 aliphatic heterocycles. The predicted octanol–water partition coefficient (Wildman–Crippen LogP) is 3.23. The van der Waals surface area contributed by atoms with E-state index in [0.29, 0.717) is 23.6 Å². The normalized spacial score (nSPS) is 14.2. The Morgan fingerprint density at radius 1 is 1.08 bits per heavy atom. The van der Waals surface area contributed by atoms with Gasteiger partial charge in [-0.1, -0.05) is 6.07 Å². The zero-order chi connectivity index (χ0) is 16.8. The summed E-state index contributed by atoms with van der Waals surface area (Å²) in [5.74, 6) is 0.702. The van der Waals surface area contributed by atoms with E-state index >= 15 is 0 Å². The number of nitrogens with one attached hydrogen (secondary N) is 2. The number of carbonyl (C=O) groups is 2. The lowest BCUT2D eigenvalue weighted by Gasteiger charge is -2.26. The summed E-state index contributed by atoms with van der Waals surface area (Å²) < 4.78 is 5.16. The molecule has 0 unspecified atom stereocenters. The second-order valence-electron chi connectivity index (χ2n) is 5.82. The molecule has 0 saturated carbocycles. The minimum absolute atomic E-state index is 0.0225. The van der Waals surface area contributed by atoms with Gasteiger partial charge in [-0.15, -0.1) is 0 Å². The largest absolute Gasteiger partial charge is 0.467 e. The average Bonchev–Trinajstić information content (AvgIpc) is 3.14. The van der Waals surface area contributed by atoms with E-state index < -0.39 is 0 Å². The summed E-state index contributed by atoms with van der Waals surface area (Å²) in [6.45, 7) is 1.92. The molecular formula is C18H21N3O3. The Morgan fingerprint density at radius 2 is 1.92 bits per heavy atom. The molecule has 126 valence electrons. The summed E-state index contributed by atoms with van der Waals surface area (Å²) in [7, 11) is 0. The van der Waals surface area contributed by atoms with Gasteiger partial charge in [0.15, 0.2) is 0 Å². The number of furan rings is 1. The lowest BCUT2D eigenvalue weighted by molar-refractivity contribution is 0.0724. The van der Waals surface area contributed by atoms with Crippen molar-refractivity contribution in [3.8, 4) is 0 Å². The lowest BCUT2D eigenvalue weighted by Crippen LogP contribution is -2.35. The second kappa shape index (κ2) is 7.68. The maximum absolute atomic E-state index is 12.5. The van der Waals surface area contributed by atoms with Gasteiger partial charge in [0, 0.05) is 24.3 Å². The minimum atomic E-state index is -0.339. The number of amides is 3. The van der Waals surface area contributed by atoms with Crippen LogP contribution in [0.3, 0.4) is 0 Å². The Balaban J connectivity index is 1.58.